The summed E-state index contributed by atoms with van der Waals surface area (Å²) in [6.45, 7) is 1.80. The van der Waals surface area contributed by atoms with Crippen LogP contribution in [-0.2, 0) is 14.3 Å². The summed E-state index contributed by atoms with van der Waals surface area (Å²) in [6, 6.07) is 6.03. The van der Waals surface area contributed by atoms with Crippen LogP contribution in [0.2, 0.25) is 0 Å². The average Bonchev–Trinajstić information content (AvgIpc) is 2.59. The van der Waals surface area contributed by atoms with Crippen molar-refractivity contribution < 1.29 is 28.2 Å². The number of halogens is 2. The third kappa shape index (κ3) is 3.13. The highest BCUT2D eigenvalue weighted by atomic mass is 19.3. The van der Waals surface area contributed by atoms with Crippen LogP contribution in [0.25, 0.3) is 0 Å². The Hall–Kier alpha value is -1.98. The fourth-order valence-electron chi connectivity index (χ4n) is 5.80. The van der Waals surface area contributed by atoms with Crippen molar-refractivity contribution in [3.8, 4) is 0 Å². The molecule has 0 spiro atoms. The summed E-state index contributed by atoms with van der Waals surface area (Å²) in [5.74, 6) is -5.74. The van der Waals surface area contributed by atoms with Crippen molar-refractivity contribution in [2.24, 2.45) is 23.2 Å². The van der Waals surface area contributed by atoms with Crippen molar-refractivity contribution in [3.05, 3.63) is 35.4 Å². The molecule has 0 aromatic heterocycles. The lowest BCUT2D eigenvalue weighted by Crippen LogP contribution is -2.51. The highest BCUT2D eigenvalue weighted by molar-refractivity contribution is 5.80. The zero-order chi connectivity index (χ0) is 19.4. The Kier molecular flexibility index (Phi) is 4.28. The van der Waals surface area contributed by atoms with E-state index in [0.29, 0.717) is 37.0 Å². The first kappa shape index (κ1) is 18.4. The number of rotatable bonds is 5. The van der Waals surface area contributed by atoms with Crippen LogP contribution in [0.5, 0.6) is 0 Å². The molecule has 6 heteroatoms. The van der Waals surface area contributed by atoms with Crippen LogP contribution in [0.4, 0.5) is 8.78 Å². The SMILES string of the molecule is Cc1ccc(C(OC(=O)C23CC4CC(CC(C4)C2)C3)C(F)(F)C(=O)O)cc1. The van der Waals surface area contributed by atoms with Gasteiger partial charge in [0.1, 0.15) is 0 Å². The lowest BCUT2D eigenvalue weighted by Gasteiger charge is -2.55. The van der Waals surface area contributed by atoms with E-state index in [1.54, 1.807) is 19.1 Å². The maximum atomic E-state index is 14.5. The first-order valence-electron chi connectivity index (χ1n) is 9.58. The normalized spacial score (nSPS) is 32.9. The molecule has 1 N–H and O–H groups in total. The van der Waals surface area contributed by atoms with Gasteiger partial charge in [0.05, 0.1) is 5.41 Å². The lowest BCUT2D eigenvalue weighted by molar-refractivity contribution is -0.207. The zero-order valence-electron chi connectivity index (χ0n) is 15.3. The summed E-state index contributed by atoms with van der Waals surface area (Å²) in [6.07, 6.45) is 3.25. The van der Waals surface area contributed by atoms with Gasteiger partial charge in [0.15, 0.2) is 0 Å². The third-order valence-corrected chi connectivity index (χ3v) is 6.69. The molecular formula is C21H24F2O4. The second kappa shape index (κ2) is 6.28. The number of esters is 1. The number of carbonyl (C=O) groups is 2. The summed E-state index contributed by atoms with van der Waals surface area (Å²) in [4.78, 5) is 24.3. The van der Waals surface area contributed by atoms with Gasteiger partial charge in [0.25, 0.3) is 0 Å². The van der Waals surface area contributed by atoms with E-state index in [-0.39, 0.29) is 5.56 Å². The summed E-state index contributed by atoms with van der Waals surface area (Å²) >= 11 is 0. The zero-order valence-corrected chi connectivity index (χ0v) is 15.3. The molecule has 1 unspecified atom stereocenters. The molecule has 0 amide bonds. The molecular weight excluding hydrogens is 354 g/mol. The predicted octanol–water partition coefficient (Wildman–Crippen LogP) is 4.52. The van der Waals surface area contributed by atoms with E-state index in [2.05, 4.69) is 0 Å². The molecule has 1 atom stereocenters. The van der Waals surface area contributed by atoms with E-state index in [1.807, 2.05) is 0 Å². The van der Waals surface area contributed by atoms with Crippen LogP contribution in [0.3, 0.4) is 0 Å². The Morgan fingerprint density at radius 3 is 2.00 bits per heavy atom. The molecule has 4 saturated carbocycles. The second-order valence-electron chi connectivity index (χ2n) is 8.82. The van der Waals surface area contributed by atoms with Crippen molar-refractivity contribution in [1.82, 2.24) is 0 Å². The van der Waals surface area contributed by atoms with E-state index in [1.165, 1.54) is 12.1 Å². The number of aliphatic carboxylic acids is 1. The van der Waals surface area contributed by atoms with E-state index in [0.717, 1.165) is 24.8 Å². The second-order valence-corrected chi connectivity index (χ2v) is 8.82. The van der Waals surface area contributed by atoms with Gasteiger partial charge in [-0.1, -0.05) is 29.8 Å². The number of alkyl halides is 2. The van der Waals surface area contributed by atoms with Crippen LogP contribution in [0.15, 0.2) is 24.3 Å². The van der Waals surface area contributed by atoms with E-state index in [4.69, 9.17) is 9.84 Å². The molecule has 4 fully saturated rings. The van der Waals surface area contributed by atoms with Gasteiger partial charge in [0, 0.05) is 0 Å². The predicted molar refractivity (Wildman–Crippen MR) is 93.2 cm³/mol. The maximum absolute atomic E-state index is 14.5. The number of ether oxygens (including phenoxy) is 1. The summed E-state index contributed by atoms with van der Waals surface area (Å²) in [7, 11) is 0. The minimum Gasteiger partial charge on any atom is -0.477 e. The molecule has 4 nitrogen and oxygen atoms in total. The van der Waals surface area contributed by atoms with Crippen LogP contribution in [0, 0.1) is 30.1 Å². The van der Waals surface area contributed by atoms with Gasteiger partial charge in [-0.05, 0) is 68.8 Å². The Morgan fingerprint density at radius 2 is 1.56 bits per heavy atom. The third-order valence-electron chi connectivity index (χ3n) is 6.69. The van der Waals surface area contributed by atoms with Crippen LogP contribution < -0.4 is 0 Å². The molecule has 1 aromatic carbocycles. The highest BCUT2D eigenvalue weighted by Gasteiger charge is 2.58. The highest BCUT2D eigenvalue weighted by Crippen LogP contribution is 2.60. The quantitative estimate of drug-likeness (QED) is 0.766. The molecule has 4 aliphatic rings. The summed E-state index contributed by atoms with van der Waals surface area (Å²) in [5, 5.41) is 9.03. The van der Waals surface area contributed by atoms with Crippen molar-refractivity contribution >= 4 is 11.9 Å². The monoisotopic (exact) mass is 378 g/mol. The smallest absolute Gasteiger partial charge is 0.382 e. The topological polar surface area (TPSA) is 63.6 Å². The lowest BCUT2D eigenvalue weighted by atomic mass is 9.49. The van der Waals surface area contributed by atoms with Gasteiger partial charge in [-0.25, -0.2) is 4.79 Å². The summed E-state index contributed by atoms with van der Waals surface area (Å²) in [5.41, 5.74) is 0.140. The van der Waals surface area contributed by atoms with Crippen LogP contribution >= 0.6 is 0 Å². The molecule has 5 rings (SSSR count). The van der Waals surface area contributed by atoms with Crippen molar-refractivity contribution in [3.63, 3.8) is 0 Å². The van der Waals surface area contributed by atoms with E-state index >= 15 is 0 Å². The van der Waals surface area contributed by atoms with Crippen LogP contribution in [0.1, 0.15) is 55.8 Å². The van der Waals surface area contributed by atoms with Crippen molar-refractivity contribution in [1.29, 1.82) is 0 Å². The number of aryl methyl sites for hydroxylation is 1. The maximum Gasteiger partial charge on any atom is 0.382 e. The molecule has 0 heterocycles. The number of carboxylic acid groups (broad SMARTS) is 1. The van der Waals surface area contributed by atoms with Crippen molar-refractivity contribution in [2.45, 2.75) is 57.5 Å². The Labute approximate surface area is 156 Å². The Morgan fingerprint density at radius 1 is 1.07 bits per heavy atom. The van der Waals surface area contributed by atoms with Gasteiger partial charge in [-0.15, -0.1) is 0 Å². The van der Waals surface area contributed by atoms with E-state index < -0.39 is 29.4 Å². The molecule has 146 valence electrons. The fourth-order valence-corrected chi connectivity index (χ4v) is 5.80. The molecule has 4 bridgehead atoms. The largest absolute Gasteiger partial charge is 0.477 e. The molecule has 4 aliphatic carbocycles. The minimum absolute atomic E-state index is 0.00563. The van der Waals surface area contributed by atoms with Gasteiger partial charge in [-0.2, -0.15) is 8.78 Å². The Bertz CT molecular complexity index is 721. The number of hydrogen-bond donors (Lipinski definition) is 1. The van der Waals surface area contributed by atoms with Gasteiger partial charge < -0.3 is 9.84 Å². The minimum atomic E-state index is -4.19. The summed E-state index contributed by atoms with van der Waals surface area (Å²) < 4.78 is 34.2. The standard InChI is InChI=1S/C21H24F2O4/c1-12-2-4-16(5-3-12)17(21(22,23)18(24)25)27-19(26)20-9-13-6-14(10-20)8-15(7-13)11-20/h2-5,13-15,17H,6-11H2,1H3,(H,24,25). The van der Waals surface area contributed by atoms with Gasteiger partial charge >= 0.3 is 17.9 Å². The number of carboxylic acids is 1. The number of benzene rings is 1. The molecule has 0 aliphatic heterocycles. The molecule has 1 aromatic rings. The van der Waals surface area contributed by atoms with Gasteiger partial charge in [-0.3, -0.25) is 4.79 Å². The van der Waals surface area contributed by atoms with Crippen LogP contribution in [-0.4, -0.2) is 23.0 Å². The number of hydrogen-bond acceptors (Lipinski definition) is 3. The molecule has 0 radical (unpaired) electrons. The number of carbonyl (C=O) groups excluding carboxylic acids is 1. The Balaban J connectivity index is 1.62. The fraction of sp³-hybridized carbons (Fsp3) is 0.619. The molecule has 27 heavy (non-hydrogen) atoms. The van der Waals surface area contributed by atoms with Gasteiger partial charge in [0.2, 0.25) is 6.10 Å². The average molecular weight is 378 g/mol. The van der Waals surface area contributed by atoms with E-state index in [9.17, 15) is 18.4 Å². The first-order chi connectivity index (χ1) is 12.7. The van der Waals surface area contributed by atoms with Crippen molar-refractivity contribution in [2.75, 3.05) is 0 Å². The molecule has 0 saturated heterocycles. The first-order valence-corrected chi connectivity index (χ1v) is 9.58.